The standard InChI is InChI=1S/C9H9Cl2NO/c1-12-7-4-13-9-5(7)2-3-6(10)8(9)11/h2-3,7,12H,4H2,1H3. The topological polar surface area (TPSA) is 21.3 Å². The van der Waals surface area contributed by atoms with Crippen LogP contribution >= 0.6 is 23.2 Å². The van der Waals surface area contributed by atoms with Crippen molar-refractivity contribution in [2.45, 2.75) is 6.04 Å². The Kier molecular flexibility index (Phi) is 2.37. The van der Waals surface area contributed by atoms with Crippen LogP contribution in [0.15, 0.2) is 12.1 Å². The van der Waals surface area contributed by atoms with Crippen LogP contribution in [-0.4, -0.2) is 13.7 Å². The summed E-state index contributed by atoms with van der Waals surface area (Å²) in [6.45, 7) is 0.617. The number of benzene rings is 1. The van der Waals surface area contributed by atoms with Gasteiger partial charge >= 0.3 is 0 Å². The molecule has 0 aromatic heterocycles. The molecule has 1 heterocycles. The maximum absolute atomic E-state index is 5.98. The molecule has 0 fully saturated rings. The number of fused-ring (bicyclic) bond motifs is 1. The fourth-order valence-electron chi connectivity index (χ4n) is 1.46. The SMILES string of the molecule is CNC1COc2c1ccc(Cl)c2Cl. The van der Waals surface area contributed by atoms with Gasteiger partial charge in [-0.25, -0.2) is 0 Å². The van der Waals surface area contributed by atoms with Gasteiger partial charge in [-0.15, -0.1) is 0 Å². The molecule has 1 aromatic rings. The van der Waals surface area contributed by atoms with E-state index in [0.717, 1.165) is 5.56 Å². The summed E-state index contributed by atoms with van der Waals surface area (Å²) in [6.07, 6.45) is 0. The number of hydrogen-bond acceptors (Lipinski definition) is 2. The van der Waals surface area contributed by atoms with Crippen LogP contribution in [0.25, 0.3) is 0 Å². The summed E-state index contributed by atoms with van der Waals surface area (Å²) in [4.78, 5) is 0. The van der Waals surface area contributed by atoms with Gasteiger partial charge in [0.2, 0.25) is 0 Å². The zero-order valence-electron chi connectivity index (χ0n) is 7.10. The maximum atomic E-state index is 5.98. The van der Waals surface area contributed by atoms with Crippen molar-refractivity contribution in [3.8, 4) is 5.75 Å². The predicted octanol–water partition coefficient (Wildman–Crippen LogP) is 2.65. The minimum absolute atomic E-state index is 0.227. The molecule has 1 aliphatic rings. The lowest BCUT2D eigenvalue weighted by molar-refractivity contribution is 0.318. The van der Waals surface area contributed by atoms with Crippen LogP contribution in [0.1, 0.15) is 11.6 Å². The van der Waals surface area contributed by atoms with E-state index in [-0.39, 0.29) is 6.04 Å². The molecule has 0 aliphatic carbocycles. The number of halogens is 2. The van der Waals surface area contributed by atoms with Crippen molar-refractivity contribution in [3.05, 3.63) is 27.7 Å². The van der Waals surface area contributed by atoms with E-state index in [0.29, 0.717) is 22.4 Å². The third kappa shape index (κ3) is 1.39. The van der Waals surface area contributed by atoms with Gasteiger partial charge < -0.3 is 10.1 Å². The van der Waals surface area contributed by atoms with Crippen molar-refractivity contribution < 1.29 is 4.74 Å². The summed E-state index contributed by atoms with van der Waals surface area (Å²) >= 11 is 11.8. The van der Waals surface area contributed by atoms with Gasteiger partial charge in [0.25, 0.3) is 0 Å². The molecule has 0 radical (unpaired) electrons. The Morgan fingerprint density at radius 3 is 2.92 bits per heavy atom. The van der Waals surface area contributed by atoms with Crippen LogP contribution < -0.4 is 10.1 Å². The van der Waals surface area contributed by atoms with E-state index in [2.05, 4.69) is 5.32 Å². The number of rotatable bonds is 1. The average Bonchev–Trinajstić information content (AvgIpc) is 2.55. The summed E-state index contributed by atoms with van der Waals surface area (Å²) in [5.74, 6) is 0.716. The largest absolute Gasteiger partial charge is 0.490 e. The van der Waals surface area contributed by atoms with Gasteiger partial charge in [-0.1, -0.05) is 29.3 Å². The number of hydrogen-bond donors (Lipinski definition) is 1. The second kappa shape index (κ2) is 3.37. The molecule has 4 heteroatoms. The van der Waals surface area contributed by atoms with Gasteiger partial charge in [-0.3, -0.25) is 0 Å². The van der Waals surface area contributed by atoms with Crippen molar-refractivity contribution in [3.63, 3.8) is 0 Å². The van der Waals surface area contributed by atoms with Crippen molar-refractivity contribution >= 4 is 23.2 Å². The normalized spacial score (nSPS) is 19.8. The quantitative estimate of drug-likeness (QED) is 0.782. The first-order valence-corrected chi connectivity index (χ1v) is 4.77. The predicted molar refractivity (Wildman–Crippen MR) is 53.8 cm³/mol. The third-order valence-corrected chi connectivity index (χ3v) is 2.99. The number of likely N-dealkylation sites (N-methyl/N-ethyl adjacent to an activating group) is 1. The summed E-state index contributed by atoms with van der Waals surface area (Å²) in [7, 11) is 1.89. The molecular formula is C9H9Cl2NO. The van der Waals surface area contributed by atoms with Crippen molar-refractivity contribution in [1.29, 1.82) is 0 Å². The van der Waals surface area contributed by atoms with E-state index in [9.17, 15) is 0 Å². The minimum Gasteiger partial charge on any atom is -0.490 e. The maximum Gasteiger partial charge on any atom is 0.144 e. The highest BCUT2D eigenvalue weighted by atomic mass is 35.5. The minimum atomic E-state index is 0.227. The van der Waals surface area contributed by atoms with Gasteiger partial charge in [0.15, 0.2) is 0 Å². The van der Waals surface area contributed by atoms with Crippen LogP contribution in [0.5, 0.6) is 5.75 Å². The third-order valence-electron chi connectivity index (χ3n) is 2.20. The second-order valence-corrected chi connectivity index (χ2v) is 3.72. The molecule has 2 rings (SSSR count). The molecular weight excluding hydrogens is 209 g/mol. The Bertz CT molecular complexity index is 341. The fraction of sp³-hybridized carbons (Fsp3) is 0.333. The molecule has 1 atom stereocenters. The highest BCUT2D eigenvalue weighted by Crippen LogP contribution is 2.41. The van der Waals surface area contributed by atoms with E-state index in [1.165, 1.54) is 0 Å². The lowest BCUT2D eigenvalue weighted by Gasteiger charge is -2.06. The van der Waals surface area contributed by atoms with E-state index < -0.39 is 0 Å². The second-order valence-electron chi connectivity index (χ2n) is 2.93. The number of ether oxygens (including phenoxy) is 1. The molecule has 0 saturated carbocycles. The highest BCUT2D eigenvalue weighted by Gasteiger charge is 2.25. The molecule has 1 aliphatic heterocycles. The Morgan fingerprint density at radius 2 is 2.23 bits per heavy atom. The Balaban J connectivity index is 2.50. The molecule has 1 unspecified atom stereocenters. The van der Waals surface area contributed by atoms with Gasteiger partial charge in [0.05, 0.1) is 11.1 Å². The van der Waals surface area contributed by atoms with Crippen LogP contribution in [0.4, 0.5) is 0 Å². The van der Waals surface area contributed by atoms with Crippen LogP contribution in [0, 0.1) is 0 Å². The first kappa shape index (κ1) is 9.13. The Hall–Kier alpha value is -0.440. The summed E-state index contributed by atoms with van der Waals surface area (Å²) in [5.41, 5.74) is 1.08. The first-order chi connectivity index (χ1) is 6.24. The summed E-state index contributed by atoms with van der Waals surface area (Å²) < 4.78 is 5.43. The molecule has 0 bridgehead atoms. The van der Waals surface area contributed by atoms with E-state index in [4.69, 9.17) is 27.9 Å². The lowest BCUT2D eigenvalue weighted by Crippen LogP contribution is -2.16. The molecule has 2 nitrogen and oxygen atoms in total. The van der Waals surface area contributed by atoms with E-state index in [1.807, 2.05) is 13.1 Å². The molecule has 0 spiro atoms. The average molecular weight is 218 g/mol. The first-order valence-electron chi connectivity index (χ1n) is 4.02. The lowest BCUT2D eigenvalue weighted by atomic mass is 10.1. The van der Waals surface area contributed by atoms with E-state index in [1.54, 1.807) is 6.07 Å². The van der Waals surface area contributed by atoms with Crippen molar-refractivity contribution in [1.82, 2.24) is 5.32 Å². The monoisotopic (exact) mass is 217 g/mol. The molecule has 70 valence electrons. The smallest absolute Gasteiger partial charge is 0.144 e. The molecule has 0 saturated heterocycles. The Morgan fingerprint density at radius 1 is 1.46 bits per heavy atom. The van der Waals surface area contributed by atoms with Crippen LogP contribution in [0.2, 0.25) is 10.0 Å². The van der Waals surface area contributed by atoms with Gasteiger partial charge in [-0.05, 0) is 13.1 Å². The van der Waals surface area contributed by atoms with Crippen molar-refractivity contribution in [2.24, 2.45) is 0 Å². The van der Waals surface area contributed by atoms with Crippen LogP contribution in [-0.2, 0) is 0 Å². The summed E-state index contributed by atoms with van der Waals surface area (Å²) in [5, 5.41) is 4.19. The molecule has 0 amide bonds. The van der Waals surface area contributed by atoms with Gasteiger partial charge in [0, 0.05) is 5.56 Å². The fourth-order valence-corrected chi connectivity index (χ4v) is 1.84. The zero-order valence-corrected chi connectivity index (χ0v) is 8.62. The van der Waals surface area contributed by atoms with E-state index >= 15 is 0 Å². The molecule has 1 aromatic carbocycles. The molecule has 13 heavy (non-hydrogen) atoms. The Labute approximate surface area is 86.8 Å². The number of nitrogens with one attached hydrogen (secondary N) is 1. The van der Waals surface area contributed by atoms with Crippen molar-refractivity contribution in [2.75, 3.05) is 13.7 Å². The van der Waals surface area contributed by atoms with Gasteiger partial charge in [-0.2, -0.15) is 0 Å². The summed E-state index contributed by atoms with van der Waals surface area (Å²) in [6, 6.07) is 3.96. The van der Waals surface area contributed by atoms with Crippen LogP contribution in [0.3, 0.4) is 0 Å². The molecule has 1 N–H and O–H groups in total. The zero-order chi connectivity index (χ0) is 9.42. The van der Waals surface area contributed by atoms with Gasteiger partial charge in [0.1, 0.15) is 17.4 Å². The highest BCUT2D eigenvalue weighted by molar-refractivity contribution is 6.43.